The molecule has 0 amide bonds. The molecule has 0 unspecified atom stereocenters. The molecule has 0 saturated heterocycles. The average Bonchev–Trinajstić information content (AvgIpc) is 2.02. The molecule has 0 fully saturated rings. The lowest BCUT2D eigenvalue weighted by Gasteiger charge is -2.23. The highest BCUT2D eigenvalue weighted by atomic mass is 79.9. The third-order valence-electron chi connectivity index (χ3n) is 2.08. The van der Waals surface area contributed by atoms with Gasteiger partial charge >= 0.3 is 7.82 Å². The van der Waals surface area contributed by atoms with Crippen molar-refractivity contribution < 1.29 is 18.9 Å². The quantitative estimate of drug-likeness (QED) is 0.577. The van der Waals surface area contributed by atoms with Gasteiger partial charge < -0.3 is 9.79 Å². The summed E-state index contributed by atoms with van der Waals surface area (Å²) in [6.07, 6.45) is 2.42. The first-order valence-electron chi connectivity index (χ1n) is 4.22. The molecule has 0 bridgehead atoms. The predicted octanol–water partition coefficient (Wildman–Crippen LogP) is 2.44. The van der Waals surface area contributed by atoms with Crippen molar-refractivity contribution in [1.82, 2.24) is 0 Å². The summed E-state index contributed by atoms with van der Waals surface area (Å²) in [5, 5.41) is 0. The van der Waals surface area contributed by atoms with Crippen LogP contribution in [0.3, 0.4) is 0 Å². The van der Waals surface area contributed by atoms with Gasteiger partial charge in [-0.25, -0.2) is 4.57 Å². The summed E-state index contributed by atoms with van der Waals surface area (Å²) in [6.45, 7) is 4.13. The molecule has 0 heterocycles. The summed E-state index contributed by atoms with van der Waals surface area (Å²) in [4.78, 5) is 16.9. The highest BCUT2D eigenvalue weighted by Gasteiger charge is 2.23. The molecule has 0 radical (unpaired) electrons. The molecule has 0 saturated carbocycles. The number of phosphoric acid groups is 1. The molecule has 0 rings (SSSR count). The number of phosphoric ester groups is 1. The zero-order valence-corrected chi connectivity index (χ0v) is 10.3. The van der Waals surface area contributed by atoms with Gasteiger partial charge in [0.25, 0.3) is 0 Å². The number of hydrogen-bond acceptors (Lipinski definition) is 2. The van der Waals surface area contributed by atoms with Crippen LogP contribution in [0.1, 0.15) is 33.1 Å². The second-order valence-corrected chi connectivity index (χ2v) is 5.85. The molecule has 0 aliphatic rings. The van der Waals surface area contributed by atoms with Crippen molar-refractivity contribution in [2.45, 2.75) is 37.4 Å². The van der Waals surface area contributed by atoms with E-state index in [0.717, 1.165) is 12.8 Å². The number of halogens is 1. The van der Waals surface area contributed by atoms with Crippen LogP contribution in [-0.4, -0.2) is 20.7 Å². The topological polar surface area (TPSA) is 66.8 Å². The molecule has 0 aromatic heterocycles. The van der Waals surface area contributed by atoms with Crippen molar-refractivity contribution in [3.8, 4) is 0 Å². The monoisotopic (exact) mass is 274 g/mol. The van der Waals surface area contributed by atoms with Gasteiger partial charge in [0.15, 0.2) is 0 Å². The smallest absolute Gasteiger partial charge is 0.303 e. The lowest BCUT2D eigenvalue weighted by atomic mass is 10.00. The summed E-state index contributed by atoms with van der Waals surface area (Å²) in [6, 6.07) is 0. The molecule has 0 aliphatic carbocycles. The van der Waals surface area contributed by atoms with Crippen molar-refractivity contribution in [3.05, 3.63) is 0 Å². The third-order valence-corrected chi connectivity index (χ3v) is 4.11. The molecule has 6 heteroatoms. The predicted molar refractivity (Wildman–Crippen MR) is 54.9 cm³/mol. The summed E-state index contributed by atoms with van der Waals surface area (Å²) < 4.78 is 14.7. The van der Waals surface area contributed by atoms with E-state index < -0.39 is 7.82 Å². The minimum Gasteiger partial charge on any atom is -0.303 e. The van der Waals surface area contributed by atoms with Crippen molar-refractivity contribution in [2.75, 3.05) is 6.61 Å². The van der Waals surface area contributed by atoms with Crippen molar-refractivity contribution >= 4 is 23.8 Å². The maximum Gasteiger partial charge on any atom is 0.469 e. The van der Waals surface area contributed by atoms with Crippen LogP contribution in [0.4, 0.5) is 0 Å². The summed E-state index contributed by atoms with van der Waals surface area (Å²) in [7, 11) is -4.29. The van der Waals surface area contributed by atoms with E-state index in [0.29, 0.717) is 6.42 Å². The van der Waals surface area contributed by atoms with E-state index in [-0.39, 0.29) is 10.9 Å². The summed E-state index contributed by atoms with van der Waals surface area (Å²) >= 11 is 3.52. The average molecular weight is 275 g/mol. The van der Waals surface area contributed by atoms with Crippen LogP contribution in [0, 0.1) is 0 Å². The van der Waals surface area contributed by atoms with Gasteiger partial charge in [-0.15, -0.1) is 0 Å². The zero-order chi connectivity index (χ0) is 10.5. The Hall–Kier alpha value is 0.590. The Morgan fingerprint density at radius 3 is 2.15 bits per heavy atom. The van der Waals surface area contributed by atoms with E-state index in [9.17, 15) is 4.57 Å². The van der Waals surface area contributed by atoms with Crippen LogP contribution in [0.2, 0.25) is 0 Å². The molecule has 0 aromatic carbocycles. The van der Waals surface area contributed by atoms with E-state index in [1.165, 1.54) is 0 Å². The van der Waals surface area contributed by atoms with Gasteiger partial charge in [-0.05, 0) is 19.3 Å². The van der Waals surface area contributed by atoms with E-state index in [1.807, 2.05) is 13.8 Å². The van der Waals surface area contributed by atoms with Gasteiger partial charge in [0.05, 0.1) is 6.61 Å². The highest BCUT2D eigenvalue weighted by Crippen LogP contribution is 2.38. The van der Waals surface area contributed by atoms with E-state index in [1.54, 1.807) is 0 Å². The van der Waals surface area contributed by atoms with Gasteiger partial charge in [0, 0.05) is 4.32 Å². The molecule has 13 heavy (non-hydrogen) atoms. The maximum absolute atomic E-state index is 10.4. The van der Waals surface area contributed by atoms with E-state index in [2.05, 4.69) is 20.5 Å². The van der Waals surface area contributed by atoms with Crippen LogP contribution in [0.5, 0.6) is 0 Å². The van der Waals surface area contributed by atoms with Crippen molar-refractivity contribution in [3.63, 3.8) is 0 Å². The Balaban J connectivity index is 3.81. The molecular weight excluding hydrogens is 259 g/mol. The van der Waals surface area contributed by atoms with Gasteiger partial charge in [0.1, 0.15) is 0 Å². The van der Waals surface area contributed by atoms with Crippen molar-refractivity contribution in [1.29, 1.82) is 0 Å². The summed E-state index contributed by atoms with van der Waals surface area (Å²) in [5.41, 5.74) is 0. The van der Waals surface area contributed by atoms with Crippen LogP contribution in [0.15, 0.2) is 0 Å². The number of alkyl halides is 1. The van der Waals surface area contributed by atoms with Gasteiger partial charge in [-0.3, -0.25) is 4.52 Å². The first kappa shape index (κ1) is 13.6. The van der Waals surface area contributed by atoms with E-state index >= 15 is 0 Å². The molecular formula is C7H16BrO4P. The Labute approximate surface area is 87.0 Å². The fraction of sp³-hybridized carbons (Fsp3) is 1.00. The largest absolute Gasteiger partial charge is 0.469 e. The lowest BCUT2D eigenvalue weighted by Crippen LogP contribution is -2.20. The Morgan fingerprint density at radius 2 is 1.85 bits per heavy atom. The van der Waals surface area contributed by atoms with E-state index in [4.69, 9.17) is 9.79 Å². The number of rotatable bonds is 6. The zero-order valence-electron chi connectivity index (χ0n) is 7.86. The Bertz CT molecular complexity index is 187. The van der Waals surface area contributed by atoms with Crippen LogP contribution < -0.4 is 0 Å². The molecule has 0 aliphatic heterocycles. The fourth-order valence-corrected chi connectivity index (χ4v) is 1.44. The van der Waals surface area contributed by atoms with Crippen LogP contribution in [-0.2, 0) is 9.09 Å². The van der Waals surface area contributed by atoms with Crippen molar-refractivity contribution in [2.24, 2.45) is 0 Å². The fourth-order valence-electron chi connectivity index (χ4n) is 0.951. The second kappa shape index (κ2) is 5.47. The molecule has 0 atom stereocenters. The van der Waals surface area contributed by atoms with Crippen LogP contribution >= 0.6 is 23.8 Å². The molecule has 0 aromatic rings. The third kappa shape index (κ3) is 6.63. The minimum absolute atomic E-state index is 0.0534. The number of hydrogen-bond donors (Lipinski definition) is 2. The molecule has 0 spiro atoms. The minimum atomic E-state index is -4.29. The van der Waals surface area contributed by atoms with Gasteiger partial charge in [0.2, 0.25) is 0 Å². The lowest BCUT2D eigenvalue weighted by molar-refractivity contribution is 0.187. The molecule has 4 nitrogen and oxygen atoms in total. The normalized spacial score (nSPS) is 13.3. The standard InChI is InChI=1S/C7H16BrO4P/c1-3-7(8,4-2)5-6-12-13(9,10)11/h3-6H2,1-2H3,(H2,9,10,11). The van der Waals surface area contributed by atoms with Gasteiger partial charge in [-0.1, -0.05) is 29.8 Å². The first-order valence-corrected chi connectivity index (χ1v) is 6.54. The van der Waals surface area contributed by atoms with Crippen LogP contribution in [0.25, 0.3) is 0 Å². The molecule has 80 valence electrons. The second-order valence-electron chi connectivity index (χ2n) is 2.93. The SMILES string of the molecule is CCC(Br)(CC)CCOP(=O)(O)O. The summed E-state index contributed by atoms with van der Waals surface area (Å²) in [5.74, 6) is 0. The highest BCUT2D eigenvalue weighted by molar-refractivity contribution is 9.10. The molecule has 2 N–H and O–H groups in total. The Kier molecular flexibility index (Phi) is 5.71. The maximum atomic E-state index is 10.4. The first-order chi connectivity index (χ1) is 5.83. The Morgan fingerprint density at radius 1 is 1.38 bits per heavy atom. The van der Waals surface area contributed by atoms with Gasteiger partial charge in [-0.2, -0.15) is 0 Å².